The Morgan fingerprint density at radius 1 is 0.463 bits per heavy atom. The van der Waals surface area contributed by atoms with E-state index in [1.54, 1.807) is 0 Å². The molecule has 6 heteroatoms. The molecule has 0 spiro atoms. The first-order valence-corrected chi connectivity index (χ1v) is 18.5. The van der Waals surface area contributed by atoms with Gasteiger partial charge in [-0.1, -0.05) is 121 Å². The summed E-state index contributed by atoms with van der Waals surface area (Å²) in [5.74, 6) is 0.889. The van der Waals surface area contributed by atoms with E-state index in [1.807, 2.05) is 42.7 Å². The number of pyridine rings is 2. The van der Waals surface area contributed by atoms with Crippen LogP contribution in [-0.4, -0.2) is 14.5 Å². The van der Waals surface area contributed by atoms with Gasteiger partial charge < -0.3 is 9.80 Å². The largest absolute Gasteiger partial charge is 0.336 e. The number of aromatic nitrogens is 3. The summed E-state index contributed by atoms with van der Waals surface area (Å²) >= 11 is 7.65. The smallest absolute Gasteiger partial charge is 0.137 e. The molecule has 0 bridgehead atoms. The van der Waals surface area contributed by atoms with Crippen LogP contribution < -0.4 is 9.80 Å². The predicted molar refractivity (Wildman–Crippen MR) is 224 cm³/mol. The standard InChI is InChI=1S/C48H36ClN5/c49-48-45(52(33-35-14-3-1-4-15-35)38-26-24-37(25-27-38)42-19-9-11-30-50-42)21-13-22-46(48)53(34-36-16-5-2-6-17-36)39-28-29-44-41(32-39)40-18-7-8-20-43(40)54(44)47-23-10-12-31-51-47/h1-32H,33-34H2. The molecule has 0 N–H and O–H groups in total. The highest BCUT2D eigenvalue weighted by molar-refractivity contribution is 6.36. The lowest BCUT2D eigenvalue weighted by Crippen LogP contribution is -2.20. The normalized spacial score (nSPS) is 11.2. The Labute approximate surface area is 320 Å². The molecule has 0 aliphatic carbocycles. The van der Waals surface area contributed by atoms with Gasteiger partial charge in [0, 0.05) is 53.2 Å². The molecule has 54 heavy (non-hydrogen) atoms. The Balaban J connectivity index is 1.18. The third kappa shape index (κ3) is 6.46. The topological polar surface area (TPSA) is 37.2 Å². The Kier molecular flexibility index (Phi) is 9.05. The van der Waals surface area contributed by atoms with Crippen molar-refractivity contribution in [2.45, 2.75) is 13.1 Å². The van der Waals surface area contributed by atoms with Crippen LogP contribution in [-0.2, 0) is 13.1 Å². The molecule has 260 valence electrons. The maximum atomic E-state index is 7.65. The SMILES string of the molecule is Clc1c(N(Cc2ccccc2)c2ccc(-c3ccccn3)cc2)cccc1N(Cc1ccccc1)c1ccc2c(c1)c1ccccc1n2-c1ccccn1. The van der Waals surface area contributed by atoms with Crippen molar-refractivity contribution in [3.8, 4) is 17.1 Å². The summed E-state index contributed by atoms with van der Waals surface area (Å²) in [5, 5.41) is 3.00. The first-order valence-electron chi connectivity index (χ1n) is 18.1. The number of rotatable bonds is 10. The molecular formula is C48H36ClN5. The minimum absolute atomic E-state index is 0.631. The molecule has 6 aromatic carbocycles. The summed E-state index contributed by atoms with van der Waals surface area (Å²) in [6.45, 7) is 1.27. The summed E-state index contributed by atoms with van der Waals surface area (Å²) in [5.41, 5.74) is 10.5. The molecule has 0 saturated heterocycles. The summed E-state index contributed by atoms with van der Waals surface area (Å²) in [4.78, 5) is 13.9. The van der Waals surface area contributed by atoms with Gasteiger partial charge in [-0.2, -0.15) is 0 Å². The van der Waals surface area contributed by atoms with Gasteiger partial charge in [0.25, 0.3) is 0 Å². The fourth-order valence-corrected chi connectivity index (χ4v) is 7.63. The molecule has 0 saturated carbocycles. The van der Waals surface area contributed by atoms with Crippen LogP contribution in [0.2, 0.25) is 5.02 Å². The number of hydrogen-bond acceptors (Lipinski definition) is 4. The number of nitrogens with zero attached hydrogens (tertiary/aromatic N) is 5. The van der Waals surface area contributed by atoms with Crippen molar-refractivity contribution in [2.75, 3.05) is 9.80 Å². The maximum Gasteiger partial charge on any atom is 0.137 e. The lowest BCUT2D eigenvalue weighted by Gasteiger charge is -2.31. The van der Waals surface area contributed by atoms with E-state index in [0.29, 0.717) is 18.1 Å². The molecule has 3 aromatic heterocycles. The lowest BCUT2D eigenvalue weighted by atomic mass is 10.1. The molecule has 0 aliphatic rings. The number of para-hydroxylation sites is 1. The van der Waals surface area contributed by atoms with Crippen LogP contribution in [0.3, 0.4) is 0 Å². The summed E-state index contributed by atoms with van der Waals surface area (Å²) in [7, 11) is 0. The fourth-order valence-electron chi connectivity index (χ4n) is 7.30. The highest BCUT2D eigenvalue weighted by Crippen LogP contribution is 2.44. The Morgan fingerprint density at radius 2 is 1.04 bits per heavy atom. The zero-order valence-corrected chi connectivity index (χ0v) is 30.3. The van der Waals surface area contributed by atoms with Crippen LogP contribution in [0.5, 0.6) is 0 Å². The van der Waals surface area contributed by atoms with E-state index in [9.17, 15) is 0 Å². The molecule has 0 radical (unpaired) electrons. The Morgan fingerprint density at radius 3 is 1.69 bits per heavy atom. The number of hydrogen-bond donors (Lipinski definition) is 0. The second-order valence-corrected chi connectivity index (χ2v) is 13.6. The van der Waals surface area contributed by atoms with Crippen LogP contribution in [0.25, 0.3) is 38.9 Å². The van der Waals surface area contributed by atoms with E-state index in [2.05, 4.69) is 171 Å². The van der Waals surface area contributed by atoms with Gasteiger partial charge >= 0.3 is 0 Å². The fraction of sp³-hybridized carbons (Fsp3) is 0.0417. The van der Waals surface area contributed by atoms with Crippen molar-refractivity contribution in [1.29, 1.82) is 0 Å². The van der Waals surface area contributed by atoms with Gasteiger partial charge in [-0.15, -0.1) is 0 Å². The minimum Gasteiger partial charge on any atom is -0.336 e. The highest BCUT2D eigenvalue weighted by Gasteiger charge is 2.22. The van der Waals surface area contributed by atoms with Crippen molar-refractivity contribution >= 4 is 56.2 Å². The van der Waals surface area contributed by atoms with Gasteiger partial charge in [0.2, 0.25) is 0 Å². The summed E-state index contributed by atoms with van der Waals surface area (Å²) in [6, 6.07) is 63.3. The summed E-state index contributed by atoms with van der Waals surface area (Å²) < 4.78 is 2.24. The number of fused-ring (bicyclic) bond motifs is 3. The molecule has 0 aliphatic heterocycles. The molecule has 0 atom stereocenters. The molecule has 0 amide bonds. The van der Waals surface area contributed by atoms with Crippen molar-refractivity contribution in [3.05, 3.63) is 211 Å². The molecule has 9 aromatic rings. The second-order valence-electron chi connectivity index (χ2n) is 13.3. The van der Waals surface area contributed by atoms with Gasteiger partial charge in [0.05, 0.1) is 33.1 Å². The van der Waals surface area contributed by atoms with Gasteiger partial charge in [0.1, 0.15) is 5.82 Å². The zero-order chi connectivity index (χ0) is 36.3. The third-order valence-corrected chi connectivity index (χ3v) is 10.3. The van der Waals surface area contributed by atoms with E-state index in [-0.39, 0.29) is 0 Å². The second kappa shape index (κ2) is 14.7. The van der Waals surface area contributed by atoms with Crippen molar-refractivity contribution in [2.24, 2.45) is 0 Å². The first-order chi connectivity index (χ1) is 26.7. The van der Waals surface area contributed by atoms with E-state index in [1.165, 1.54) is 16.5 Å². The predicted octanol–water partition coefficient (Wildman–Crippen LogP) is 12.6. The van der Waals surface area contributed by atoms with E-state index in [0.717, 1.165) is 56.2 Å². The van der Waals surface area contributed by atoms with E-state index >= 15 is 0 Å². The third-order valence-electron chi connectivity index (χ3n) is 9.89. The van der Waals surface area contributed by atoms with Crippen LogP contribution in [0, 0.1) is 0 Å². The molecule has 0 unspecified atom stereocenters. The van der Waals surface area contributed by atoms with E-state index < -0.39 is 0 Å². The lowest BCUT2D eigenvalue weighted by molar-refractivity contribution is 0.959. The average Bonchev–Trinajstić information content (AvgIpc) is 3.57. The van der Waals surface area contributed by atoms with Crippen LogP contribution >= 0.6 is 11.6 Å². The van der Waals surface area contributed by atoms with Crippen LogP contribution in [0.1, 0.15) is 11.1 Å². The zero-order valence-electron chi connectivity index (χ0n) is 29.5. The number of anilines is 4. The Bertz CT molecular complexity index is 2660. The molecular weight excluding hydrogens is 682 g/mol. The number of benzene rings is 6. The highest BCUT2D eigenvalue weighted by atomic mass is 35.5. The molecule has 5 nitrogen and oxygen atoms in total. The van der Waals surface area contributed by atoms with Crippen LogP contribution in [0.4, 0.5) is 22.7 Å². The van der Waals surface area contributed by atoms with Crippen molar-refractivity contribution < 1.29 is 0 Å². The summed E-state index contributed by atoms with van der Waals surface area (Å²) in [6.07, 6.45) is 3.67. The van der Waals surface area contributed by atoms with Gasteiger partial charge in [0.15, 0.2) is 0 Å². The molecule has 0 fully saturated rings. The first kappa shape index (κ1) is 33.2. The monoisotopic (exact) mass is 717 g/mol. The van der Waals surface area contributed by atoms with Crippen LogP contribution in [0.15, 0.2) is 194 Å². The average molecular weight is 718 g/mol. The van der Waals surface area contributed by atoms with Crippen molar-refractivity contribution in [3.63, 3.8) is 0 Å². The minimum atomic E-state index is 0.631. The Hall–Kier alpha value is -6.69. The van der Waals surface area contributed by atoms with E-state index in [4.69, 9.17) is 16.6 Å². The van der Waals surface area contributed by atoms with Gasteiger partial charge in [-0.05, 0) is 83.9 Å². The van der Waals surface area contributed by atoms with Gasteiger partial charge in [-0.3, -0.25) is 9.55 Å². The molecule has 9 rings (SSSR count). The molecule has 3 heterocycles. The van der Waals surface area contributed by atoms with Crippen molar-refractivity contribution in [1.82, 2.24) is 14.5 Å². The quantitative estimate of drug-likeness (QED) is 0.141. The van der Waals surface area contributed by atoms with Gasteiger partial charge in [-0.25, -0.2) is 4.98 Å². The maximum absolute atomic E-state index is 7.65. The number of halogens is 1.